The summed E-state index contributed by atoms with van der Waals surface area (Å²) in [5.74, 6) is 0. The molecule has 0 aliphatic carbocycles. The number of rotatable bonds is 3. The van der Waals surface area contributed by atoms with Gasteiger partial charge in [0.2, 0.25) is 0 Å². The van der Waals surface area contributed by atoms with Gasteiger partial charge >= 0.3 is 0 Å². The number of benzene rings is 5. The smallest absolute Gasteiger partial charge is 0.177 e. The quantitative estimate of drug-likeness (QED) is 0.208. The van der Waals surface area contributed by atoms with E-state index < -0.39 is 0 Å². The molecule has 2 nitrogen and oxygen atoms in total. The molecule has 3 heteroatoms. The van der Waals surface area contributed by atoms with E-state index in [1.165, 1.54) is 67.5 Å². The van der Waals surface area contributed by atoms with Gasteiger partial charge in [-0.15, -0.1) is 0 Å². The van der Waals surface area contributed by atoms with E-state index >= 15 is 0 Å². The monoisotopic (exact) mass is 531 g/mol. The molecule has 2 aromatic heterocycles. The molecule has 8 rings (SSSR count). The predicted octanol–water partition coefficient (Wildman–Crippen LogP) is 10.1. The lowest BCUT2D eigenvalue weighted by molar-refractivity contribution is 0.177. The van der Waals surface area contributed by atoms with Gasteiger partial charge in [-0.05, 0) is 64.4 Å². The van der Waals surface area contributed by atoms with E-state index in [1.807, 2.05) is 0 Å². The molecule has 200 valence electrons. The number of aromatic nitrogens is 1. The van der Waals surface area contributed by atoms with Crippen LogP contribution in [0.15, 0.2) is 114 Å². The second-order valence-corrected chi connectivity index (χ2v) is 13.3. The van der Waals surface area contributed by atoms with Crippen molar-refractivity contribution in [2.24, 2.45) is 10.8 Å². The molecule has 1 fully saturated rings. The van der Waals surface area contributed by atoms with Crippen LogP contribution in [0.1, 0.15) is 27.7 Å². The zero-order valence-electron chi connectivity index (χ0n) is 24.2. The number of hydrogen-bond acceptors (Lipinski definition) is 1. The second-order valence-electron chi connectivity index (χ2n) is 13.3. The first-order valence-corrected chi connectivity index (χ1v) is 14.8. The Hall–Kier alpha value is -4.24. The lowest BCUT2D eigenvalue weighted by Crippen LogP contribution is -2.28. The van der Waals surface area contributed by atoms with Gasteiger partial charge in [-0.2, -0.15) is 0 Å². The van der Waals surface area contributed by atoms with Crippen LogP contribution < -0.4 is 5.46 Å². The van der Waals surface area contributed by atoms with Crippen LogP contribution in [0.5, 0.6) is 0 Å². The zero-order chi connectivity index (χ0) is 27.9. The molecular weight excluding hydrogens is 497 g/mol. The molecule has 1 aliphatic heterocycles. The van der Waals surface area contributed by atoms with E-state index in [9.17, 15) is 0 Å². The standard InChI is InChI=1S/C38H34BNO/c1-37(2)23-39(24-38(37,3)4)31-14-10-16-35-36(31)30-21-25(18-20-34(30)41-35)26-17-19-29-28-13-8-9-15-32(28)40(33(29)22-26)27-11-6-5-7-12-27/h5-22H,23-24H2,1-4H3. The minimum Gasteiger partial charge on any atom is -0.456 e. The fourth-order valence-electron chi connectivity index (χ4n) is 7.46. The molecule has 0 unspecified atom stereocenters. The zero-order valence-corrected chi connectivity index (χ0v) is 24.2. The SMILES string of the molecule is CC1(C)CB(c2cccc3oc4ccc(-c5ccc6c7ccccc7n(-c7ccccc7)c6c5)cc4c23)CC1(C)C. The van der Waals surface area contributed by atoms with Crippen molar-refractivity contribution in [2.45, 2.75) is 40.3 Å². The summed E-state index contributed by atoms with van der Waals surface area (Å²) in [6, 6.07) is 39.7. The summed E-state index contributed by atoms with van der Waals surface area (Å²) in [4.78, 5) is 0. The lowest BCUT2D eigenvalue weighted by Gasteiger charge is -2.35. The van der Waals surface area contributed by atoms with Gasteiger partial charge in [-0.1, -0.05) is 113 Å². The normalized spacial score (nSPS) is 16.4. The van der Waals surface area contributed by atoms with Gasteiger partial charge in [0.1, 0.15) is 11.2 Å². The van der Waals surface area contributed by atoms with Crippen molar-refractivity contribution in [3.63, 3.8) is 0 Å². The molecule has 0 atom stereocenters. The van der Waals surface area contributed by atoms with Crippen LogP contribution in [0, 0.1) is 10.8 Å². The molecule has 0 amide bonds. The third kappa shape index (κ3) is 3.65. The molecule has 7 aromatic rings. The summed E-state index contributed by atoms with van der Waals surface area (Å²) in [5.41, 5.74) is 10.1. The van der Waals surface area contributed by atoms with Crippen LogP contribution in [-0.4, -0.2) is 11.3 Å². The maximum Gasteiger partial charge on any atom is 0.177 e. The summed E-state index contributed by atoms with van der Waals surface area (Å²) in [6.45, 7) is 10.3. The Morgan fingerprint density at radius 1 is 0.585 bits per heavy atom. The fourth-order valence-corrected chi connectivity index (χ4v) is 7.46. The molecule has 0 radical (unpaired) electrons. The highest BCUT2D eigenvalue weighted by molar-refractivity contribution is 6.77. The first kappa shape index (κ1) is 24.6. The molecule has 0 spiro atoms. The first-order valence-electron chi connectivity index (χ1n) is 14.8. The van der Waals surface area contributed by atoms with Gasteiger partial charge in [-0.25, -0.2) is 0 Å². The van der Waals surface area contributed by atoms with Crippen LogP contribution >= 0.6 is 0 Å². The van der Waals surface area contributed by atoms with Crippen molar-refractivity contribution < 1.29 is 4.42 Å². The average Bonchev–Trinajstić information content (AvgIpc) is 3.58. The third-order valence-electron chi connectivity index (χ3n) is 10.3. The van der Waals surface area contributed by atoms with Gasteiger partial charge in [-0.3, -0.25) is 0 Å². The number of furan rings is 1. The Labute approximate surface area is 241 Å². The third-order valence-corrected chi connectivity index (χ3v) is 10.3. The minimum absolute atomic E-state index is 0.303. The summed E-state index contributed by atoms with van der Waals surface area (Å²) in [6.07, 6.45) is 2.40. The Bertz CT molecular complexity index is 2100. The first-order chi connectivity index (χ1) is 19.8. The molecule has 0 bridgehead atoms. The van der Waals surface area contributed by atoms with Gasteiger partial charge in [0.25, 0.3) is 0 Å². The number of nitrogens with zero attached hydrogens (tertiary/aromatic N) is 1. The Morgan fingerprint density at radius 3 is 2.07 bits per heavy atom. The number of hydrogen-bond donors (Lipinski definition) is 0. The van der Waals surface area contributed by atoms with Gasteiger partial charge in [0.05, 0.1) is 11.0 Å². The molecule has 5 aromatic carbocycles. The van der Waals surface area contributed by atoms with Crippen molar-refractivity contribution >= 4 is 55.9 Å². The van der Waals surface area contributed by atoms with Gasteiger partial charge in [0.15, 0.2) is 6.71 Å². The van der Waals surface area contributed by atoms with E-state index in [4.69, 9.17) is 4.42 Å². The van der Waals surface area contributed by atoms with Crippen molar-refractivity contribution in [1.29, 1.82) is 0 Å². The van der Waals surface area contributed by atoms with Crippen LogP contribution in [-0.2, 0) is 0 Å². The average molecular weight is 532 g/mol. The van der Waals surface area contributed by atoms with Crippen molar-refractivity contribution in [3.8, 4) is 16.8 Å². The van der Waals surface area contributed by atoms with Gasteiger partial charge < -0.3 is 8.98 Å². The topological polar surface area (TPSA) is 18.1 Å². The van der Waals surface area contributed by atoms with Crippen LogP contribution in [0.2, 0.25) is 12.6 Å². The molecule has 0 N–H and O–H groups in total. The lowest BCUT2D eigenvalue weighted by atomic mass is 9.41. The Balaban J connectivity index is 1.32. The maximum absolute atomic E-state index is 6.43. The highest BCUT2D eigenvalue weighted by Gasteiger charge is 2.48. The van der Waals surface area contributed by atoms with Crippen molar-refractivity contribution in [2.75, 3.05) is 0 Å². The highest BCUT2D eigenvalue weighted by Crippen LogP contribution is 2.53. The summed E-state index contributed by atoms with van der Waals surface area (Å²) >= 11 is 0. The molecule has 41 heavy (non-hydrogen) atoms. The fraction of sp³-hybridized carbons (Fsp3) is 0.211. The Kier molecular flexibility index (Phi) is 5.17. The van der Waals surface area contributed by atoms with Gasteiger partial charge in [0, 0.05) is 27.2 Å². The van der Waals surface area contributed by atoms with E-state index in [-0.39, 0.29) is 0 Å². The number of fused-ring (bicyclic) bond motifs is 6. The van der Waals surface area contributed by atoms with Crippen molar-refractivity contribution in [3.05, 3.63) is 109 Å². The van der Waals surface area contributed by atoms with Crippen LogP contribution in [0.3, 0.4) is 0 Å². The molecule has 1 saturated heterocycles. The van der Waals surface area contributed by atoms with E-state index in [2.05, 4.69) is 141 Å². The Morgan fingerprint density at radius 2 is 1.27 bits per heavy atom. The molecule has 0 saturated carbocycles. The minimum atomic E-state index is 0.303. The van der Waals surface area contributed by atoms with E-state index in [0.29, 0.717) is 17.5 Å². The molecule has 1 aliphatic rings. The van der Waals surface area contributed by atoms with Crippen LogP contribution in [0.4, 0.5) is 0 Å². The summed E-state index contributed by atoms with van der Waals surface area (Å²) in [7, 11) is 0. The highest BCUT2D eigenvalue weighted by atomic mass is 16.3. The van der Waals surface area contributed by atoms with E-state index in [1.54, 1.807) is 0 Å². The predicted molar refractivity (Wildman–Crippen MR) is 176 cm³/mol. The van der Waals surface area contributed by atoms with E-state index in [0.717, 1.165) is 11.2 Å². The maximum atomic E-state index is 6.43. The largest absolute Gasteiger partial charge is 0.456 e. The van der Waals surface area contributed by atoms with Crippen molar-refractivity contribution in [1.82, 2.24) is 4.57 Å². The second kappa shape index (κ2) is 8.63. The number of para-hydroxylation sites is 2. The molecule has 3 heterocycles. The van der Waals surface area contributed by atoms with Crippen LogP contribution in [0.25, 0.3) is 60.6 Å². The summed E-state index contributed by atoms with van der Waals surface area (Å²) in [5, 5.41) is 5.07. The summed E-state index contributed by atoms with van der Waals surface area (Å²) < 4.78 is 8.82. The molecular formula is C38H34BNO.